The summed E-state index contributed by atoms with van der Waals surface area (Å²) in [5.74, 6) is 0. The van der Waals surface area contributed by atoms with E-state index in [2.05, 4.69) is 86.7 Å². The van der Waals surface area contributed by atoms with Crippen LogP contribution in [0.5, 0.6) is 0 Å². The van der Waals surface area contributed by atoms with Crippen LogP contribution in [0.2, 0.25) is 0 Å². The van der Waals surface area contributed by atoms with Crippen molar-refractivity contribution in [2.75, 3.05) is 0 Å². The first-order valence-electron chi connectivity index (χ1n) is 9.00. The van der Waals surface area contributed by atoms with Crippen molar-refractivity contribution in [2.45, 2.75) is 33.2 Å². The van der Waals surface area contributed by atoms with Gasteiger partial charge in [0.1, 0.15) is 0 Å². The molecule has 1 aromatic carbocycles. The highest BCUT2D eigenvalue weighted by molar-refractivity contribution is 5.91. The third kappa shape index (κ3) is 3.56. The number of fused-ring (bicyclic) bond motifs is 3. The summed E-state index contributed by atoms with van der Waals surface area (Å²) < 4.78 is 0. The average molecular weight is 327 g/mol. The van der Waals surface area contributed by atoms with Crippen molar-refractivity contribution in [1.29, 1.82) is 0 Å². The van der Waals surface area contributed by atoms with Crippen LogP contribution < -0.4 is 0 Å². The van der Waals surface area contributed by atoms with E-state index in [0.717, 1.165) is 12.0 Å². The summed E-state index contributed by atoms with van der Waals surface area (Å²) in [6.07, 6.45) is 20.2. The number of aliphatic imine (C=N–C) groups is 1. The number of nitrogens with zero attached hydrogens (tertiary/aromatic N) is 1. The zero-order chi connectivity index (χ0) is 17.6. The Kier molecular flexibility index (Phi) is 5.45. The minimum atomic E-state index is 0.0669. The molecule has 3 rings (SSSR count). The number of rotatable bonds is 1. The maximum Gasteiger partial charge on any atom is 0.0902 e. The number of benzene rings is 1. The van der Waals surface area contributed by atoms with E-state index < -0.39 is 0 Å². The minimum Gasteiger partial charge on any atom is -0.281 e. The molecule has 1 unspecified atom stereocenters. The van der Waals surface area contributed by atoms with Crippen molar-refractivity contribution in [2.24, 2.45) is 4.99 Å². The van der Waals surface area contributed by atoms with Gasteiger partial charge in [0, 0.05) is 6.21 Å². The van der Waals surface area contributed by atoms with E-state index in [1.54, 1.807) is 0 Å². The van der Waals surface area contributed by atoms with Gasteiger partial charge in [-0.1, -0.05) is 79.8 Å². The Labute approximate surface area is 151 Å². The van der Waals surface area contributed by atoms with Crippen molar-refractivity contribution in [3.63, 3.8) is 0 Å². The van der Waals surface area contributed by atoms with Crippen LogP contribution in [0.25, 0.3) is 11.6 Å². The van der Waals surface area contributed by atoms with Crippen LogP contribution in [0.4, 0.5) is 0 Å². The maximum atomic E-state index is 4.92. The fourth-order valence-electron chi connectivity index (χ4n) is 3.40. The molecule has 25 heavy (non-hydrogen) atoms. The first-order chi connectivity index (χ1) is 12.3. The van der Waals surface area contributed by atoms with Gasteiger partial charge in [0.15, 0.2) is 0 Å². The Bertz CT molecular complexity index is 854. The largest absolute Gasteiger partial charge is 0.281 e. The lowest BCUT2D eigenvalue weighted by atomic mass is 9.87. The second-order valence-electron chi connectivity index (χ2n) is 6.17. The Hall–Kier alpha value is -2.67. The number of hydrogen-bond acceptors (Lipinski definition) is 1. The summed E-state index contributed by atoms with van der Waals surface area (Å²) in [6, 6.07) is 8.70. The normalized spacial score (nSPS) is 25.5. The van der Waals surface area contributed by atoms with Gasteiger partial charge < -0.3 is 0 Å². The molecule has 2 aliphatic rings. The Morgan fingerprint density at radius 1 is 1.00 bits per heavy atom. The molecule has 0 radical (unpaired) electrons. The highest BCUT2D eigenvalue weighted by Gasteiger charge is 2.21. The molecule has 0 fully saturated rings. The predicted molar refractivity (Wildman–Crippen MR) is 111 cm³/mol. The monoisotopic (exact) mass is 327 g/mol. The van der Waals surface area contributed by atoms with Crippen LogP contribution in [0, 0.1) is 0 Å². The van der Waals surface area contributed by atoms with E-state index >= 15 is 0 Å². The molecule has 0 amide bonds. The van der Waals surface area contributed by atoms with Crippen molar-refractivity contribution in [3.8, 4) is 0 Å². The van der Waals surface area contributed by atoms with E-state index in [1.165, 1.54) is 27.8 Å². The van der Waals surface area contributed by atoms with Gasteiger partial charge >= 0.3 is 0 Å². The molecule has 0 saturated heterocycles. The quantitative estimate of drug-likeness (QED) is 0.571. The highest BCUT2D eigenvalue weighted by atomic mass is 14.8. The molecule has 1 aromatic rings. The van der Waals surface area contributed by atoms with Crippen molar-refractivity contribution in [3.05, 3.63) is 94.6 Å². The number of allylic oxidation sites excluding steroid dienone is 9. The van der Waals surface area contributed by atoms with Crippen molar-refractivity contribution < 1.29 is 0 Å². The summed E-state index contributed by atoms with van der Waals surface area (Å²) in [6.45, 7) is 6.39. The summed E-state index contributed by atoms with van der Waals surface area (Å²) in [7, 11) is 0. The lowest BCUT2D eigenvalue weighted by Crippen LogP contribution is -2.08. The van der Waals surface area contributed by atoms with Crippen LogP contribution in [-0.4, -0.2) is 12.3 Å². The van der Waals surface area contributed by atoms with Crippen LogP contribution in [-0.2, 0) is 0 Å². The fourth-order valence-corrected chi connectivity index (χ4v) is 3.40. The second-order valence-corrected chi connectivity index (χ2v) is 6.17. The molecule has 1 aliphatic carbocycles. The summed E-state index contributed by atoms with van der Waals surface area (Å²) >= 11 is 0. The zero-order valence-corrected chi connectivity index (χ0v) is 15.2. The zero-order valence-electron chi connectivity index (χ0n) is 15.2. The molecule has 1 nitrogen and oxygen atoms in total. The standard InChI is InChI=1S/C24H25N/c1-4-18-11-7-8-12-19(5-2)24-21(6-3)23(25-17-18)16-15-20-13-9-10-14-22(20)24/h4-5,7-17,23H,6H2,1-3H3/b11-7-,12-8-,18-4-,19-5+,25-17?. The lowest BCUT2D eigenvalue weighted by molar-refractivity contribution is 0.896. The third-order valence-electron chi connectivity index (χ3n) is 4.74. The van der Waals surface area contributed by atoms with Crippen LogP contribution in [0.15, 0.2) is 88.5 Å². The first-order valence-corrected chi connectivity index (χ1v) is 9.00. The first kappa shape index (κ1) is 17.2. The number of hydrogen-bond donors (Lipinski definition) is 0. The molecule has 0 spiro atoms. The molecule has 1 atom stereocenters. The molecule has 126 valence electrons. The fraction of sp³-hybridized carbons (Fsp3) is 0.208. The van der Waals surface area contributed by atoms with E-state index in [9.17, 15) is 0 Å². The van der Waals surface area contributed by atoms with Gasteiger partial charge in [0.2, 0.25) is 0 Å². The molecule has 2 bridgehead atoms. The van der Waals surface area contributed by atoms with Gasteiger partial charge in [-0.25, -0.2) is 0 Å². The maximum absolute atomic E-state index is 4.92. The van der Waals surface area contributed by atoms with Gasteiger partial charge in [0.05, 0.1) is 6.04 Å². The van der Waals surface area contributed by atoms with Crippen LogP contribution in [0.3, 0.4) is 0 Å². The second kappa shape index (κ2) is 7.94. The Balaban J connectivity index is 2.32. The third-order valence-corrected chi connectivity index (χ3v) is 4.74. The summed E-state index contributed by atoms with van der Waals surface area (Å²) in [5, 5.41) is 0. The van der Waals surface area contributed by atoms with E-state index in [-0.39, 0.29) is 6.04 Å². The summed E-state index contributed by atoms with van der Waals surface area (Å²) in [4.78, 5) is 4.92. The molecule has 0 aromatic heterocycles. The molecule has 1 heterocycles. The van der Waals surface area contributed by atoms with E-state index in [0.29, 0.717) is 0 Å². The Morgan fingerprint density at radius 2 is 1.80 bits per heavy atom. The van der Waals surface area contributed by atoms with Gasteiger partial charge in [-0.15, -0.1) is 0 Å². The average Bonchev–Trinajstić information content (AvgIpc) is 2.82. The van der Waals surface area contributed by atoms with Crippen molar-refractivity contribution in [1.82, 2.24) is 0 Å². The Morgan fingerprint density at radius 3 is 2.56 bits per heavy atom. The van der Waals surface area contributed by atoms with Gasteiger partial charge in [0.25, 0.3) is 0 Å². The van der Waals surface area contributed by atoms with E-state index in [1.807, 2.05) is 13.1 Å². The van der Waals surface area contributed by atoms with Gasteiger partial charge in [-0.2, -0.15) is 0 Å². The molecule has 0 saturated carbocycles. The van der Waals surface area contributed by atoms with Gasteiger partial charge in [-0.3, -0.25) is 4.99 Å². The van der Waals surface area contributed by atoms with Crippen LogP contribution >= 0.6 is 0 Å². The van der Waals surface area contributed by atoms with Crippen molar-refractivity contribution >= 4 is 17.9 Å². The SMILES string of the molecule is C\C=C1C=NC2C=Cc3ccccc3C(=C2CC)C(=C/C)/C=C\C=C/1. The topological polar surface area (TPSA) is 12.4 Å². The summed E-state index contributed by atoms with van der Waals surface area (Å²) in [5.41, 5.74) is 7.62. The molecular weight excluding hydrogens is 302 g/mol. The van der Waals surface area contributed by atoms with Gasteiger partial charge in [-0.05, 0) is 53.7 Å². The molecule has 1 heteroatoms. The minimum absolute atomic E-state index is 0.0669. The molecule has 0 N–H and O–H groups in total. The molecular formula is C24H25N. The smallest absolute Gasteiger partial charge is 0.0902 e. The highest BCUT2D eigenvalue weighted by Crippen LogP contribution is 2.37. The lowest BCUT2D eigenvalue weighted by Gasteiger charge is -2.19. The van der Waals surface area contributed by atoms with E-state index in [4.69, 9.17) is 4.99 Å². The predicted octanol–water partition coefficient (Wildman–Crippen LogP) is 6.34. The molecule has 1 aliphatic heterocycles. The van der Waals surface area contributed by atoms with Crippen LogP contribution in [0.1, 0.15) is 38.3 Å².